The third kappa shape index (κ3) is 2.67. The summed E-state index contributed by atoms with van der Waals surface area (Å²) >= 11 is 9.56. The minimum atomic E-state index is -0.106. The number of carbonyl (C=O) groups is 1. The van der Waals surface area contributed by atoms with Crippen LogP contribution in [0.25, 0.3) is 0 Å². The Kier molecular flexibility index (Phi) is 3.97. The Morgan fingerprint density at radius 2 is 1.84 bits per heavy atom. The molecule has 0 spiro atoms. The number of benzene rings is 2. The normalized spacial score (nSPS) is 10.5. The van der Waals surface area contributed by atoms with Crippen molar-refractivity contribution in [2.24, 2.45) is 0 Å². The van der Waals surface area contributed by atoms with E-state index >= 15 is 0 Å². The highest BCUT2D eigenvalue weighted by atomic mass is 79.9. The first-order chi connectivity index (χ1) is 8.91. The van der Waals surface area contributed by atoms with Gasteiger partial charge in [0.15, 0.2) is 5.78 Å². The quantitative estimate of drug-likeness (QED) is 0.645. The minimum Gasteiger partial charge on any atom is -0.398 e. The Morgan fingerprint density at radius 1 is 1.16 bits per heavy atom. The van der Waals surface area contributed by atoms with Gasteiger partial charge in [0.05, 0.1) is 10.7 Å². The molecule has 0 saturated carbocycles. The Morgan fingerprint density at radius 3 is 2.53 bits per heavy atom. The van der Waals surface area contributed by atoms with Gasteiger partial charge < -0.3 is 5.73 Å². The van der Waals surface area contributed by atoms with Crippen LogP contribution >= 0.6 is 27.5 Å². The number of halogens is 2. The van der Waals surface area contributed by atoms with Crippen LogP contribution in [0.5, 0.6) is 0 Å². The van der Waals surface area contributed by atoms with E-state index in [0.717, 1.165) is 15.6 Å². The number of hydrogen-bond donors (Lipinski definition) is 1. The second kappa shape index (κ2) is 5.35. The Bertz CT molecular complexity index is 667. The summed E-state index contributed by atoms with van der Waals surface area (Å²) in [4.78, 5) is 12.5. The fraction of sp³-hybridized carbons (Fsp3) is 0.133. The van der Waals surface area contributed by atoms with Gasteiger partial charge in [0.25, 0.3) is 0 Å². The summed E-state index contributed by atoms with van der Waals surface area (Å²) < 4.78 is 0.986. The van der Waals surface area contributed by atoms with Crippen molar-refractivity contribution in [3.05, 3.63) is 62.1 Å². The van der Waals surface area contributed by atoms with Crippen molar-refractivity contribution >= 4 is 39.0 Å². The fourth-order valence-electron chi connectivity index (χ4n) is 1.90. The Labute approximate surface area is 125 Å². The number of anilines is 1. The van der Waals surface area contributed by atoms with E-state index in [9.17, 15) is 4.79 Å². The van der Waals surface area contributed by atoms with Crippen molar-refractivity contribution in [1.29, 1.82) is 0 Å². The molecule has 0 atom stereocenters. The van der Waals surface area contributed by atoms with Gasteiger partial charge in [0.2, 0.25) is 0 Å². The van der Waals surface area contributed by atoms with Crippen LogP contribution in [0, 0.1) is 13.8 Å². The number of nitrogens with two attached hydrogens (primary N) is 1. The molecule has 4 heteroatoms. The maximum Gasteiger partial charge on any atom is 0.194 e. The van der Waals surface area contributed by atoms with Crippen LogP contribution in [-0.2, 0) is 0 Å². The molecule has 0 fully saturated rings. The topological polar surface area (TPSA) is 43.1 Å². The Balaban J connectivity index is 2.56. The number of ketones is 1. The van der Waals surface area contributed by atoms with Gasteiger partial charge in [-0.1, -0.05) is 33.6 Å². The Hall–Kier alpha value is -1.32. The van der Waals surface area contributed by atoms with Crippen molar-refractivity contribution in [2.45, 2.75) is 13.8 Å². The summed E-state index contributed by atoms with van der Waals surface area (Å²) in [5.41, 5.74) is 9.15. The number of nitrogen functional groups attached to an aromatic ring is 1. The van der Waals surface area contributed by atoms with Crippen molar-refractivity contribution < 1.29 is 4.79 Å². The molecule has 19 heavy (non-hydrogen) atoms. The van der Waals surface area contributed by atoms with Crippen LogP contribution in [0.1, 0.15) is 27.0 Å². The highest BCUT2D eigenvalue weighted by Gasteiger charge is 2.17. The summed E-state index contributed by atoms with van der Waals surface area (Å²) in [5, 5.41) is 0.312. The molecule has 0 heterocycles. The van der Waals surface area contributed by atoms with Gasteiger partial charge in [-0.15, -0.1) is 0 Å². The second-order valence-electron chi connectivity index (χ2n) is 4.45. The molecule has 0 saturated heterocycles. The molecule has 0 aliphatic carbocycles. The van der Waals surface area contributed by atoms with Gasteiger partial charge >= 0.3 is 0 Å². The molecule has 2 N–H and O–H groups in total. The molecule has 0 aliphatic rings. The van der Waals surface area contributed by atoms with Gasteiger partial charge in [-0.3, -0.25) is 4.79 Å². The molecule has 2 rings (SSSR count). The predicted octanol–water partition coefficient (Wildman–Crippen LogP) is 4.53. The molecule has 0 bridgehead atoms. The number of aryl methyl sites for hydroxylation is 2. The summed E-state index contributed by atoms with van der Waals surface area (Å²) in [6.07, 6.45) is 0. The number of carbonyl (C=O) groups excluding carboxylic acids is 1. The average Bonchev–Trinajstić information content (AvgIpc) is 2.36. The van der Waals surface area contributed by atoms with Gasteiger partial charge in [-0.25, -0.2) is 0 Å². The van der Waals surface area contributed by atoms with E-state index in [0.29, 0.717) is 21.8 Å². The third-order valence-electron chi connectivity index (χ3n) is 3.02. The first-order valence-corrected chi connectivity index (χ1v) is 6.94. The summed E-state index contributed by atoms with van der Waals surface area (Å²) in [6.45, 7) is 3.85. The van der Waals surface area contributed by atoms with Gasteiger partial charge in [0, 0.05) is 15.6 Å². The molecule has 2 aromatic rings. The lowest BCUT2D eigenvalue weighted by Crippen LogP contribution is -2.06. The van der Waals surface area contributed by atoms with Crippen molar-refractivity contribution in [3.8, 4) is 0 Å². The standard InChI is InChI=1S/C15H13BrClNO/c1-8-7-12(16)9(2)6-11(8)15(19)10-4-3-5-13(18)14(10)17/h3-7H,18H2,1-2H3. The molecule has 2 nitrogen and oxygen atoms in total. The lowest BCUT2D eigenvalue weighted by atomic mass is 9.97. The van der Waals surface area contributed by atoms with Gasteiger partial charge in [-0.2, -0.15) is 0 Å². The van der Waals surface area contributed by atoms with Crippen LogP contribution in [0.3, 0.4) is 0 Å². The van der Waals surface area contributed by atoms with Gasteiger partial charge in [-0.05, 0) is 49.2 Å². The highest BCUT2D eigenvalue weighted by Crippen LogP contribution is 2.28. The molecule has 0 amide bonds. The smallest absolute Gasteiger partial charge is 0.194 e. The maximum atomic E-state index is 12.5. The van der Waals surface area contributed by atoms with E-state index in [1.165, 1.54) is 0 Å². The monoisotopic (exact) mass is 337 g/mol. The molecule has 0 radical (unpaired) electrons. The minimum absolute atomic E-state index is 0.106. The zero-order chi connectivity index (χ0) is 14.2. The SMILES string of the molecule is Cc1cc(C(=O)c2cccc(N)c2Cl)c(C)cc1Br. The number of rotatable bonds is 2. The summed E-state index contributed by atoms with van der Waals surface area (Å²) in [5.74, 6) is -0.106. The van der Waals surface area contributed by atoms with E-state index in [-0.39, 0.29) is 5.78 Å². The predicted molar refractivity (Wildman–Crippen MR) is 82.9 cm³/mol. The molecule has 0 aromatic heterocycles. The first-order valence-electron chi connectivity index (χ1n) is 5.77. The zero-order valence-corrected chi connectivity index (χ0v) is 13.0. The van der Waals surface area contributed by atoms with E-state index in [1.54, 1.807) is 18.2 Å². The molecule has 0 unspecified atom stereocenters. The van der Waals surface area contributed by atoms with E-state index in [4.69, 9.17) is 17.3 Å². The van der Waals surface area contributed by atoms with E-state index in [2.05, 4.69) is 15.9 Å². The van der Waals surface area contributed by atoms with Crippen molar-refractivity contribution in [3.63, 3.8) is 0 Å². The second-order valence-corrected chi connectivity index (χ2v) is 5.69. The summed E-state index contributed by atoms with van der Waals surface area (Å²) in [7, 11) is 0. The lowest BCUT2D eigenvalue weighted by molar-refractivity contribution is 0.103. The number of hydrogen-bond acceptors (Lipinski definition) is 2. The molecular formula is C15H13BrClNO. The molecule has 0 aliphatic heterocycles. The van der Waals surface area contributed by atoms with Crippen LogP contribution < -0.4 is 5.73 Å². The van der Waals surface area contributed by atoms with Crippen LogP contribution in [0.2, 0.25) is 5.02 Å². The van der Waals surface area contributed by atoms with E-state index < -0.39 is 0 Å². The third-order valence-corrected chi connectivity index (χ3v) is 4.30. The van der Waals surface area contributed by atoms with Crippen molar-refractivity contribution in [2.75, 3.05) is 5.73 Å². The highest BCUT2D eigenvalue weighted by molar-refractivity contribution is 9.10. The van der Waals surface area contributed by atoms with Crippen LogP contribution in [0.15, 0.2) is 34.8 Å². The molecular weight excluding hydrogens is 326 g/mol. The van der Waals surface area contributed by atoms with E-state index in [1.807, 2.05) is 26.0 Å². The fourth-order valence-corrected chi connectivity index (χ4v) is 2.57. The first kappa shape index (κ1) is 14.1. The summed E-state index contributed by atoms with van der Waals surface area (Å²) in [6, 6.07) is 8.90. The van der Waals surface area contributed by atoms with Crippen LogP contribution in [0.4, 0.5) is 5.69 Å². The maximum absolute atomic E-state index is 12.5. The molecule has 98 valence electrons. The largest absolute Gasteiger partial charge is 0.398 e. The van der Waals surface area contributed by atoms with Crippen LogP contribution in [-0.4, -0.2) is 5.78 Å². The molecule has 2 aromatic carbocycles. The van der Waals surface area contributed by atoms with Crippen molar-refractivity contribution in [1.82, 2.24) is 0 Å². The lowest BCUT2D eigenvalue weighted by Gasteiger charge is -2.10. The zero-order valence-electron chi connectivity index (χ0n) is 10.6. The van der Waals surface area contributed by atoms with Gasteiger partial charge in [0.1, 0.15) is 0 Å². The average molecular weight is 339 g/mol.